The zero-order chi connectivity index (χ0) is 11.9. The van der Waals surface area contributed by atoms with E-state index in [9.17, 15) is 4.79 Å². The van der Waals surface area contributed by atoms with E-state index in [-0.39, 0.29) is 17.9 Å². The summed E-state index contributed by atoms with van der Waals surface area (Å²) in [5.41, 5.74) is 1.76. The van der Waals surface area contributed by atoms with Gasteiger partial charge in [0.05, 0.1) is 22.0 Å². The molecule has 16 heavy (non-hydrogen) atoms. The van der Waals surface area contributed by atoms with Gasteiger partial charge in [0.25, 0.3) is 0 Å². The molecule has 0 unspecified atom stereocenters. The highest BCUT2D eigenvalue weighted by Crippen LogP contribution is 2.37. The van der Waals surface area contributed by atoms with Crippen molar-refractivity contribution in [2.75, 3.05) is 17.3 Å². The van der Waals surface area contributed by atoms with Crippen molar-refractivity contribution in [3.63, 3.8) is 0 Å². The van der Waals surface area contributed by atoms with Gasteiger partial charge >= 0.3 is 0 Å². The van der Waals surface area contributed by atoms with Crippen molar-refractivity contribution in [2.45, 2.75) is 19.9 Å². The van der Waals surface area contributed by atoms with Gasteiger partial charge < -0.3 is 10.2 Å². The highest BCUT2D eigenvalue weighted by molar-refractivity contribution is 9.10. The summed E-state index contributed by atoms with van der Waals surface area (Å²) in [4.78, 5) is 18.0. The summed E-state index contributed by atoms with van der Waals surface area (Å²) >= 11 is 3.46. The van der Waals surface area contributed by atoms with Crippen LogP contribution in [-0.2, 0) is 4.79 Å². The Morgan fingerprint density at radius 1 is 1.50 bits per heavy atom. The first kappa shape index (κ1) is 11.4. The van der Waals surface area contributed by atoms with E-state index < -0.39 is 0 Å². The van der Waals surface area contributed by atoms with Crippen LogP contribution in [0.4, 0.5) is 11.4 Å². The predicted octanol–water partition coefficient (Wildman–Crippen LogP) is 2.26. The molecule has 0 bridgehead atoms. The number of likely N-dealkylation sites (N-methyl/N-ethyl adjacent to an activating group) is 1. The van der Waals surface area contributed by atoms with Gasteiger partial charge in [-0.15, -0.1) is 0 Å². The van der Waals surface area contributed by atoms with E-state index in [2.05, 4.69) is 26.2 Å². The standard InChI is InChI=1S/C11H14BrN3O/c1-6(2)9-11(16)14-8-5-13-4-7(12)10(8)15(9)3/h4-6,9H,1-3H3,(H,14,16)/t9-/m1/s1. The maximum Gasteiger partial charge on any atom is 0.247 e. The fraction of sp³-hybridized carbons (Fsp3) is 0.455. The molecule has 4 nitrogen and oxygen atoms in total. The molecule has 1 aromatic rings. The highest BCUT2D eigenvalue weighted by Gasteiger charge is 2.33. The first-order valence-electron chi connectivity index (χ1n) is 5.19. The van der Waals surface area contributed by atoms with Crippen molar-refractivity contribution in [1.29, 1.82) is 0 Å². The Kier molecular flexibility index (Phi) is 2.88. The quantitative estimate of drug-likeness (QED) is 0.860. The average molecular weight is 284 g/mol. The van der Waals surface area contributed by atoms with Gasteiger partial charge in [0.15, 0.2) is 0 Å². The number of rotatable bonds is 1. The topological polar surface area (TPSA) is 45.2 Å². The third-order valence-electron chi connectivity index (χ3n) is 2.80. The minimum absolute atomic E-state index is 0.0323. The fourth-order valence-electron chi connectivity index (χ4n) is 2.15. The van der Waals surface area contributed by atoms with Crippen LogP contribution in [0.15, 0.2) is 16.9 Å². The number of nitrogens with zero attached hydrogens (tertiary/aromatic N) is 2. The molecule has 1 N–H and O–H groups in total. The van der Waals surface area contributed by atoms with Crippen LogP contribution in [0.3, 0.4) is 0 Å². The van der Waals surface area contributed by atoms with Gasteiger partial charge in [0, 0.05) is 13.2 Å². The molecule has 0 aliphatic carbocycles. The predicted molar refractivity (Wildman–Crippen MR) is 67.6 cm³/mol. The number of pyridine rings is 1. The zero-order valence-corrected chi connectivity index (χ0v) is 11.1. The zero-order valence-electron chi connectivity index (χ0n) is 9.49. The number of amides is 1. The summed E-state index contributed by atoms with van der Waals surface area (Å²) < 4.78 is 0.901. The summed E-state index contributed by atoms with van der Waals surface area (Å²) in [6, 6.07) is -0.133. The molecule has 0 aromatic carbocycles. The number of aromatic nitrogens is 1. The Labute approximate surface area is 103 Å². The van der Waals surface area contributed by atoms with Crippen molar-refractivity contribution in [3.8, 4) is 0 Å². The second kappa shape index (κ2) is 4.05. The molecule has 1 aliphatic rings. The number of carbonyl (C=O) groups excluding carboxylic acids is 1. The van der Waals surface area contributed by atoms with Crippen molar-refractivity contribution in [2.24, 2.45) is 5.92 Å². The number of anilines is 2. The summed E-state index contributed by atoms with van der Waals surface area (Å²) in [6.07, 6.45) is 3.41. The van der Waals surface area contributed by atoms with Gasteiger partial charge in [-0.3, -0.25) is 9.78 Å². The van der Waals surface area contributed by atoms with Crippen molar-refractivity contribution in [3.05, 3.63) is 16.9 Å². The van der Waals surface area contributed by atoms with Crippen molar-refractivity contribution in [1.82, 2.24) is 4.98 Å². The lowest BCUT2D eigenvalue weighted by molar-refractivity contribution is -0.118. The summed E-state index contributed by atoms with van der Waals surface area (Å²) in [7, 11) is 1.94. The lowest BCUT2D eigenvalue weighted by Crippen LogP contribution is -2.49. The number of fused-ring (bicyclic) bond motifs is 1. The minimum Gasteiger partial charge on any atom is -0.360 e. The maximum atomic E-state index is 11.9. The Balaban J connectivity index is 2.50. The molecule has 0 spiro atoms. The maximum absolute atomic E-state index is 11.9. The van der Waals surface area contributed by atoms with Gasteiger partial charge in [-0.25, -0.2) is 0 Å². The van der Waals surface area contributed by atoms with Gasteiger partial charge in [0.2, 0.25) is 5.91 Å². The number of halogens is 1. The SMILES string of the molecule is CC(C)[C@@H]1C(=O)Nc2cncc(Br)c2N1C. The van der Waals surface area contributed by atoms with E-state index in [0.717, 1.165) is 15.8 Å². The Morgan fingerprint density at radius 2 is 2.19 bits per heavy atom. The van der Waals surface area contributed by atoms with E-state index >= 15 is 0 Å². The van der Waals surface area contributed by atoms with Crippen LogP contribution in [0, 0.1) is 5.92 Å². The molecule has 0 fully saturated rings. The molecular weight excluding hydrogens is 270 g/mol. The molecule has 0 saturated heterocycles. The van der Waals surface area contributed by atoms with E-state index in [1.54, 1.807) is 12.4 Å². The highest BCUT2D eigenvalue weighted by atomic mass is 79.9. The normalized spacial score (nSPS) is 19.7. The first-order valence-corrected chi connectivity index (χ1v) is 5.99. The van der Waals surface area contributed by atoms with E-state index in [4.69, 9.17) is 0 Å². The van der Waals surface area contributed by atoms with E-state index in [1.165, 1.54) is 0 Å². The molecule has 2 rings (SSSR count). The van der Waals surface area contributed by atoms with E-state index in [0.29, 0.717) is 0 Å². The Hall–Kier alpha value is -1.10. The second-order valence-electron chi connectivity index (χ2n) is 4.31. The Bertz CT molecular complexity index is 433. The molecule has 1 aromatic heterocycles. The molecule has 5 heteroatoms. The number of hydrogen-bond acceptors (Lipinski definition) is 3. The third kappa shape index (κ3) is 1.69. The Morgan fingerprint density at radius 3 is 2.81 bits per heavy atom. The monoisotopic (exact) mass is 283 g/mol. The number of nitrogens with one attached hydrogen (secondary N) is 1. The van der Waals surface area contributed by atoms with Crippen LogP contribution < -0.4 is 10.2 Å². The van der Waals surface area contributed by atoms with Crippen LogP contribution in [-0.4, -0.2) is 24.0 Å². The summed E-state index contributed by atoms with van der Waals surface area (Å²) in [5.74, 6) is 0.295. The molecule has 0 saturated carbocycles. The van der Waals surface area contributed by atoms with Crippen molar-refractivity contribution >= 4 is 33.2 Å². The van der Waals surface area contributed by atoms with Crippen LogP contribution in [0.1, 0.15) is 13.8 Å². The molecule has 86 valence electrons. The van der Waals surface area contributed by atoms with Gasteiger partial charge in [-0.1, -0.05) is 13.8 Å². The molecule has 0 radical (unpaired) electrons. The molecule has 1 aliphatic heterocycles. The molecule has 1 amide bonds. The van der Waals surface area contributed by atoms with Gasteiger partial charge in [-0.05, 0) is 21.8 Å². The van der Waals surface area contributed by atoms with Crippen LogP contribution in [0.2, 0.25) is 0 Å². The van der Waals surface area contributed by atoms with Gasteiger partial charge in [-0.2, -0.15) is 0 Å². The lowest BCUT2D eigenvalue weighted by Gasteiger charge is -2.37. The second-order valence-corrected chi connectivity index (χ2v) is 5.16. The summed E-state index contributed by atoms with van der Waals surface area (Å²) in [5, 5.41) is 2.89. The molecule has 2 heterocycles. The van der Waals surface area contributed by atoms with Crippen LogP contribution in [0.5, 0.6) is 0 Å². The fourth-order valence-corrected chi connectivity index (χ4v) is 2.76. The lowest BCUT2D eigenvalue weighted by atomic mass is 9.99. The van der Waals surface area contributed by atoms with Gasteiger partial charge in [0.1, 0.15) is 6.04 Å². The molecular formula is C11H14BrN3O. The van der Waals surface area contributed by atoms with E-state index in [1.807, 2.05) is 25.8 Å². The molecule has 1 atom stereocenters. The third-order valence-corrected chi connectivity index (χ3v) is 3.38. The largest absolute Gasteiger partial charge is 0.360 e. The van der Waals surface area contributed by atoms with Crippen molar-refractivity contribution < 1.29 is 4.79 Å². The van der Waals surface area contributed by atoms with Crippen LogP contribution in [0.25, 0.3) is 0 Å². The smallest absolute Gasteiger partial charge is 0.247 e. The van der Waals surface area contributed by atoms with Crippen LogP contribution >= 0.6 is 15.9 Å². The average Bonchev–Trinajstić information content (AvgIpc) is 2.15. The summed E-state index contributed by atoms with van der Waals surface area (Å²) in [6.45, 7) is 4.08. The first-order chi connectivity index (χ1) is 7.52. The number of carbonyl (C=O) groups is 1. The minimum atomic E-state index is -0.133. The number of hydrogen-bond donors (Lipinski definition) is 1.